The summed E-state index contributed by atoms with van der Waals surface area (Å²) < 4.78 is 5.64. The van der Waals surface area contributed by atoms with Gasteiger partial charge in [-0.25, -0.2) is 0 Å². The van der Waals surface area contributed by atoms with Crippen molar-refractivity contribution in [2.24, 2.45) is 5.41 Å². The van der Waals surface area contributed by atoms with Crippen LogP contribution in [0.25, 0.3) is 0 Å². The Morgan fingerprint density at radius 1 is 1.15 bits per heavy atom. The summed E-state index contributed by atoms with van der Waals surface area (Å²) in [6.45, 7) is 12.6. The number of ether oxygens (including phenoxy) is 1. The minimum atomic E-state index is -0.476. The van der Waals surface area contributed by atoms with Crippen molar-refractivity contribution < 1.29 is 9.84 Å². The lowest BCUT2D eigenvalue weighted by Gasteiger charge is -2.19. The number of hydrogen-bond donors (Lipinski definition) is 2. The molecule has 0 saturated carbocycles. The molecular formula is C17H29NO2. The van der Waals surface area contributed by atoms with Crippen LogP contribution in [0.2, 0.25) is 0 Å². The standard InChI is InChI=1S/C17H29NO2/c1-13-8-14(2)10-16(9-13)20-12-15(19)11-18-7-6-17(3,4)5/h8-10,15,18-19H,6-7,11-12H2,1-5H3. The zero-order valence-corrected chi connectivity index (χ0v) is 13.5. The van der Waals surface area contributed by atoms with E-state index in [1.807, 2.05) is 26.0 Å². The predicted molar refractivity (Wildman–Crippen MR) is 84.4 cm³/mol. The van der Waals surface area contributed by atoms with Gasteiger partial charge < -0.3 is 15.2 Å². The largest absolute Gasteiger partial charge is 0.491 e. The van der Waals surface area contributed by atoms with Crippen molar-refractivity contribution in [3.8, 4) is 5.75 Å². The highest BCUT2D eigenvalue weighted by atomic mass is 16.5. The van der Waals surface area contributed by atoms with Gasteiger partial charge in [-0.15, -0.1) is 0 Å². The van der Waals surface area contributed by atoms with Gasteiger partial charge in [0.1, 0.15) is 18.5 Å². The smallest absolute Gasteiger partial charge is 0.119 e. The highest BCUT2D eigenvalue weighted by Gasteiger charge is 2.10. The third kappa shape index (κ3) is 7.51. The van der Waals surface area contributed by atoms with E-state index in [1.165, 1.54) is 11.1 Å². The van der Waals surface area contributed by atoms with E-state index in [0.29, 0.717) is 18.6 Å². The van der Waals surface area contributed by atoms with Gasteiger partial charge in [0.2, 0.25) is 0 Å². The molecule has 1 unspecified atom stereocenters. The highest BCUT2D eigenvalue weighted by molar-refractivity contribution is 5.32. The van der Waals surface area contributed by atoms with Crippen molar-refractivity contribution in [3.63, 3.8) is 0 Å². The predicted octanol–water partition coefficient (Wildman–Crippen LogP) is 3.07. The zero-order valence-electron chi connectivity index (χ0n) is 13.5. The van der Waals surface area contributed by atoms with Crippen LogP contribution in [0, 0.1) is 19.3 Å². The first kappa shape index (κ1) is 17.0. The molecule has 0 saturated heterocycles. The summed E-state index contributed by atoms with van der Waals surface area (Å²) >= 11 is 0. The molecule has 3 heteroatoms. The summed E-state index contributed by atoms with van der Waals surface area (Å²) in [7, 11) is 0. The summed E-state index contributed by atoms with van der Waals surface area (Å²) in [6.07, 6.45) is 0.619. The molecule has 3 nitrogen and oxygen atoms in total. The van der Waals surface area contributed by atoms with Crippen LogP contribution in [0.5, 0.6) is 5.75 Å². The number of aliphatic hydroxyl groups excluding tert-OH is 1. The Morgan fingerprint density at radius 2 is 1.75 bits per heavy atom. The van der Waals surface area contributed by atoms with Gasteiger partial charge in [0.05, 0.1) is 0 Å². The second kappa shape index (κ2) is 7.65. The Morgan fingerprint density at radius 3 is 2.30 bits per heavy atom. The van der Waals surface area contributed by atoms with E-state index < -0.39 is 6.10 Å². The van der Waals surface area contributed by atoms with E-state index in [9.17, 15) is 5.11 Å². The lowest BCUT2D eigenvalue weighted by atomic mass is 9.92. The van der Waals surface area contributed by atoms with Crippen molar-refractivity contribution in [1.82, 2.24) is 5.32 Å². The number of rotatable bonds is 7. The number of aryl methyl sites for hydroxylation is 2. The molecular weight excluding hydrogens is 250 g/mol. The topological polar surface area (TPSA) is 41.5 Å². The van der Waals surface area contributed by atoms with Crippen molar-refractivity contribution >= 4 is 0 Å². The SMILES string of the molecule is Cc1cc(C)cc(OCC(O)CNCCC(C)(C)C)c1. The minimum absolute atomic E-state index is 0.325. The fourth-order valence-corrected chi connectivity index (χ4v) is 2.00. The van der Waals surface area contributed by atoms with Crippen molar-refractivity contribution in [1.29, 1.82) is 0 Å². The summed E-state index contributed by atoms with van der Waals surface area (Å²) in [5, 5.41) is 13.2. The van der Waals surface area contributed by atoms with E-state index in [2.05, 4.69) is 32.2 Å². The fourth-order valence-electron chi connectivity index (χ4n) is 2.00. The molecule has 2 N–H and O–H groups in total. The Kier molecular flexibility index (Phi) is 6.50. The summed E-state index contributed by atoms with van der Waals surface area (Å²) in [4.78, 5) is 0. The summed E-state index contributed by atoms with van der Waals surface area (Å²) in [5.74, 6) is 0.830. The summed E-state index contributed by atoms with van der Waals surface area (Å²) in [5.41, 5.74) is 2.68. The quantitative estimate of drug-likeness (QED) is 0.754. The first-order chi connectivity index (χ1) is 9.26. The van der Waals surface area contributed by atoms with Crippen LogP contribution in [0.3, 0.4) is 0 Å². The Hall–Kier alpha value is -1.06. The number of benzene rings is 1. The van der Waals surface area contributed by atoms with Gasteiger partial charge in [0.25, 0.3) is 0 Å². The fraction of sp³-hybridized carbons (Fsp3) is 0.647. The number of nitrogens with one attached hydrogen (secondary N) is 1. The van der Waals surface area contributed by atoms with E-state index in [1.54, 1.807) is 0 Å². The van der Waals surface area contributed by atoms with Crippen LogP contribution in [0.15, 0.2) is 18.2 Å². The van der Waals surface area contributed by atoms with Gasteiger partial charge in [-0.3, -0.25) is 0 Å². The second-order valence-electron chi connectivity index (χ2n) is 6.80. The maximum Gasteiger partial charge on any atom is 0.119 e. The van der Waals surface area contributed by atoms with Gasteiger partial charge in [0, 0.05) is 6.54 Å². The molecule has 0 fully saturated rings. The molecule has 0 aliphatic heterocycles. The number of aliphatic hydroxyl groups is 1. The molecule has 114 valence electrons. The average Bonchev–Trinajstić information content (AvgIpc) is 2.30. The van der Waals surface area contributed by atoms with Crippen LogP contribution in [-0.2, 0) is 0 Å². The van der Waals surface area contributed by atoms with E-state index in [4.69, 9.17) is 4.74 Å². The van der Waals surface area contributed by atoms with Crippen LogP contribution in [-0.4, -0.2) is 30.9 Å². The number of hydrogen-bond acceptors (Lipinski definition) is 3. The van der Waals surface area contributed by atoms with Crippen molar-refractivity contribution in [2.75, 3.05) is 19.7 Å². The highest BCUT2D eigenvalue weighted by Crippen LogP contribution is 2.17. The monoisotopic (exact) mass is 279 g/mol. The summed E-state index contributed by atoms with van der Waals surface area (Å²) in [6, 6.07) is 6.09. The maximum atomic E-state index is 9.89. The molecule has 0 spiro atoms. The maximum absolute atomic E-state index is 9.89. The third-order valence-electron chi connectivity index (χ3n) is 3.07. The molecule has 0 amide bonds. The first-order valence-electron chi connectivity index (χ1n) is 7.36. The lowest BCUT2D eigenvalue weighted by molar-refractivity contribution is 0.105. The molecule has 20 heavy (non-hydrogen) atoms. The molecule has 0 radical (unpaired) electrons. The molecule has 0 aliphatic rings. The van der Waals surface area contributed by atoms with Gasteiger partial charge in [-0.1, -0.05) is 26.8 Å². The third-order valence-corrected chi connectivity index (χ3v) is 3.07. The zero-order chi connectivity index (χ0) is 15.2. The first-order valence-corrected chi connectivity index (χ1v) is 7.36. The van der Waals surface area contributed by atoms with E-state index >= 15 is 0 Å². The second-order valence-corrected chi connectivity index (χ2v) is 6.80. The van der Waals surface area contributed by atoms with Gasteiger partial charge in [-0.05, 0) is 55.5 Å². The molecule has 1 aromatic rings. The van der Waals surface area contributed by atoms with Gasteiger partial charge >= 0.3 is 0 Å². The van der Waals surface area contributed by atoms with Crippen molar-refractivity contribution in [2.45, 2.75) is 47.1 Å². The normalized spacial score (nSPS) is 13.3. The molecule has 0 heterocycles. The Bertz CT molecular complexity index is 390. The molecule has 0 aromatic heterocycles. The molecule has 0 aliphatic carbocycles. The van der Waals surface area contributed by atoms with Crippen LogP contribution in [0.1, 0.15) is 38.3 Å². The molecule has 1 aromatic carbocycles. The minimum Gasteiger partial charge on any atom is -0.491 e. The Labute approximate surface area is 123 Å². The average molecular weight is 279 g/mol. The van der Waals surface area contributed by atoms with Crippen LogP contribution < -0.4 is 10.1 Å². The van der Waals surface area contributed by atoms with E-state index in [0.717, 1.165) is 18.7 Å². The van der Waals surface area contributed by atoms with Crippen LogP contribution in [0.4, 0.5) is 0 Å². The Balaban J connectivity index is 2.24. The van der Waals surface area contributed by atoms with Gasteiger partial charge in [-0.2, -0.15) is 0 Å². The van der Waals surface area contributed by atoms with Gasteiger partial charge in [0.15, 0.2) is 0 Å². The van der Waals surface area contributed by atoms with Crippen LogP contribution >= 0.6 is 0 Å². The molecule has 1 rings (SSSR count). The molecule has 0 bridgehead atoms. The molecule has 1 atom stereocenters. The lowest BCUT2D eigenvalue weighted by Crippen LogP contribution is -2.33. The van der Waals surface area contributed by atoms with E-state index in [-0.39, 0.29) is 0 Å². The van der Waals surface area contributed by atoms with Crippen molar-refractivity contribution in [3.05, 3.63) is 29.3 Å².